The van der Waals surface area contributed by atoms with E-state index in [0.717, 1.165) is 5.56 Å². The van der Waals surface area contributed by atoms with Crippen molar-refractivity contribution < 1.29 is 9.84 Å². The molecule has 1 rings (SSSR count). The molecule has 0 bridgehead atoms. The molecule has 1 aromatic rings. The summed E-state index contributed by atoms with van der Waals surface area (Å²) >= 11 is 5.93. The molecule has 3 heteroatoms. The molecule has 2 nitrogen and oxygen atoms in total. The van der Waals surface area contributed by atoms with Crippen molar-refractivity contribution in [2.24, 2.45) is 0 Å². The Kier molecular flexibility index (Phi) is 4.94. The molecule has 0 aliphatic carbocycles. The molecule has 0 heterocycles. The number of benzene rings is 1. The molecule has 0 saturated carbocycles. The molecule has 1 aromatic carbocycles. The van der Waals surface area contributed by atoms with Crippen LogP contribution in [-0.2, 0) is 4.74 Å². The van der Waals surface area contributed by atoms with Gasteiger partial charge in [0.15, 0.2) is 0 Å². The number of ether oxygens (including phenoxy) is 1. The van der Waals surface area contributed by atoms with Crippen LogP contribution in [0.4, 0.5) is 0 Å². The van der Waals surface area contributed by atoms with Crippen molar-refractivity contribution in [3.8, 4) is 0 Å². The molecule has 0 spiro atoms. The predicted molar refractivity (Wildman–Crippen MR) is 57.5 cm³/mol. The van der Waals surface area contributed by atoms with Crippen LogP contribution in [0.3, 0.4) is 0 Å². The van der Waals surface area contributed by atoms with E-state index >= 15 is 0 Å². The van der Waals surface area contributed by atoms with Gasteiger partial charge in [-0.2, -0.15) is 0 Å². The smallest absolute Gasteiger partial charge is 0.0826 e. The van der Waals surface area contributed by atoms with Crippen LogP contribution in [0.15, 0.2) is 24.3 Å². The Balaban J connectivity index is 2.51. The summed E-state index contributed by atoms with van der Waals surface area (Å²) in [5.74, 6) is 0. The third kappa shape index (κ3) is 3.29. The molecule has 0 saturated heterocycles. The van der Waals surface area contributed by atoms with Crippen LogP contribution in [0.2, 0.25) is 5.02 Å². The molecule has 0 radical (unpaired) electrons. The topological polar surface area (TPSA) is 29.5 Å². The standard InChI is InChI=1S/C11H15ClO2/c1-2-14-8-7-11(13)9-5-3-4-6-10(9)12/h3-6,11,13H,2,7-8H2,1H3. The number of hydrogen-bond acceptors (Lipinski definition) is 2. The number of halogens is 1. The van der Waals surface area contributed by atoms with Gasteiger partial charge in [0, 0.05) is 24.7 Å². The van der Waals surface area contributed by atoms with Gasteiger partial charge in [-0.05, 0) is 18.6 Å². The Morgan fingerprint density at radius 2 is 2.14 bits per heavy atom. The summed E-state index contributed by atoms with van der Waals surface area (Å²) < 4.78 is 5.16. The Hall–Kier alpha value is -0.570. The van der Waals surface area contributed by atoms with Crippen molar-refractivity contribution in [2.45, 2.75) is 19.4 Å². The highest BCUT2D eigenvalue weighted by molar-refractivity contribution is 6.31. The van der Waals surface area contributed by atoms with Crippen molar-refractivity contribution in [3.63, 3.8) is 0 Å². The Morgan fingerprint density at radius 3 is 2.79 bits per heavy atom. The maximum absolute atomic E-state index is 9.76. The Morgan fingerprint density at radius 1 is 1.43 bits per heavy atom. The molecule has 0 amide bonds. The molecule has 1 atom stereocenters. The normalized spacial score (nSPS) is 12.8. The molecule has 0 aliphatic rings. The summed E-state index contributed by atoms with van der Waals surface area (Å²) in [4.78, 5) is 0. The fourth-order valence-electron chi connectivity index (χ4n) is 1.24. The minimum atomic E-state index is -0.532. The molecule has 14 heavy (non-hydrogen) atoms. The fourth-order valence-corrected chi connectivity index (χ4v) is 1.50. The highest BCUT2D eigenvalue weighted by atomic mass is 35.5. The predicted octanol–water partition coefficient (Wildman–Crippen LogP) is 2.80. The lowest BCUT2D eigenvalue weighted by Gasteiger charge is -2.12. The SMILES string of the molecule is CCOCCC(O)c1ccccc1Cl. The summed E-state index contributed by atoms with van der Waals surface area (Å²) in [5.41, 5.74) is 0.772. The zero-order valence-corrected chi connectivity index (χ0v) is 9.00. The van der Waals surface area contributed by atoms with Gasteiger partial charge in [0.2, 0.25) is 0 Å². The van der Waals surface area contributed by atoms with Crippen LogP contribution in [0.5, 0.6) is 0 Å². The van der Waals surface area contributed by atoms with Crippen LogP contribution in [0, 0.1) is 0 Å². The number of aliphatic hydroxyl groups is 1. The Labute approximate surface area is 89.5 Å². The van der Waals surface area contributed by atoms with Crippen molar-refractivity contribution in [1.29, 1.82) is 0 Å². The van der Waals surface area contributed by atoms with Gasteiger partial charge in [0.05, 0.1) is 6.10 Å². The molecular weight excluding hydrogens is 200 g/mol. The van der Waals surface area contributed by atoms with Gasteiger partial charge in [-0.3, -0.25) is 0 Å². The summed E-state index contributed by atoms with van der Waals surface area (Å²) in [6.45, 7) is 3.17. The van der Waals surface area contributed by atoms with E-state index in [1.54, 1.807) is 6.07 Å². The second-order valence-corrected chi connectivity index (χ2v) is 3.43. The van der Waals surface area contributed by atoms with Crippen molar-refractivity contribution >= 4 is 11.6 Å². The fraction of sp³-hybridized carbons (Fsp3) is 0.455. The first-order valence-electron chi connectivity index (χ1n) is 4.76. The summed E-state index contributed by atoms with van der Waals surface area (Å²) in [6.07, 6.45) is 0.0487. The zero-order valence-electron chi connectivity index (χ0n) is 8.24. The third-order valence-electron chi connectivity index (χ3n) is 2.00. The number of rotatable bonds is 5. The monoisotopic (exact) mass is 214 g/mol. The lowest BCUT2D eigenvalue weighted by molar-refractivity contribution is 0.0886. The van der Waals surface area contributed by atoms with E-state index in [2.05, 4.69) is 0 Å². The Bertz CT molecular complexity index is 276. The molecule has 0 aromatic heterocycles. The van der Waals surface area contributed by atoms with E-state index in [1.807, 2.05) is 25.1 Å². The van der Waals surface area contributed by atoms with Crippen molar-refractivity contribution in [2.75, 3.05) is 13.2 Å². The first kappa shape index (κ1) is 11.5. The maximum atomic E-state index is 9.76. The summed E-state index contributed by atoms with van der Waals surface area (Å²) in [6, 6.07) is 7.33. The van der Waals surface area contributed by atoms with Crippen LogP contribution in [-0.4, -0.2) is 18.3 Å². The third-order valence-corrected chi connectivity index (χ3v) is 2.35. The van der Waals surface area contributed by atoms with E-state index in [-0.39, 0.29) is 0 Å². The van der Waals surface area contributed by atoms with Crippen molar-refractivity contribution in [1.82, 2.24) is 0 Å². The second-order valence-electron chi connectivity index (χ2n) is 3.02. The minimum Gasteiger partial charge on any atom is -0.388 e. The molecule has 0 aliphatic heterocycles. The minimum absolute atomic E-state index is 0.532. The molecular formula is C11H15ClO2. The van der Waals surface area contributed by atoms with E-state index in [4.69, 9.17) is 16.3 Å². The van der Waals surface area contributed by atoms with Gasteiger partial charge in [-0.25, -0.2) is 0 Å². The van der Waals surface area contributed by atoms with Gasteiger partial charge >= 0.3 is 0 Å². The van der Waals surface area contributed by atoms with Gasteiger partial charge < -0.3 is 9.84 Å². The van der Waals surface area contributed by atoms with Crippen molar-refractivity contribution in [3.05, 3.63) is 34.9 Å². The molecule has 1 unspecified atom stereocenters. The summed E-state index contributed by atoms with van der Waals surface area (Å²) in [5, 5.41) is 10.4. The van der Waals surface area contributed by atoms with Gasteiger partial charge in [0.25, 0.3) is 0 Å². The molecule has 1 N–H and O–H groups in total. The highest BCUT2D eigenvalue weighted by Gasteiger charge is 2.09. The zero-order chi connectivity index (χ0) is 10.4. The van der Waals surface area contributed by atoms with E-state index in [0.29, 0.717) is 24.7 Å². The van der Waals surface area contributed by atoms with Crippen LogP contribution >= 0.6 is 11.6 Å². The number of aliphatic hydroxyl groups excluding tert-OH is 1. The van der Waals surface area contributed by atoms with Crippen LogP contribution in [0.25, 0.3) is 0 Å². The lowest BCUT2D eigenvalue weighted by Crippen LogP contribution is -2.03. The van der Waals surface area contributed by atoms with E-state index in [1.165, 1.54) is 0 Å². The number of hydrogen-bond donors (Lipinski definition) is 1. The average molecular weight is 215 g/mol. The maximum Gasteiger partial charge on any atom is 0.0826 e. The first-order valence-corrected chi connectivity index (χ1v) is 5.13. The van der Waals surface area contributed by atoms with Gasteiger partial charge in [0.1, 0.15) is 0 Å². The van der Waals surface area contributed by atoms with Gasteiger partial charge in [-0.1, -0.05) is 29.8 Å². The second kappa shape index (κ2) is 6.02. The average Bonchev–Trinajstić information content (AvgIpc) is 2.18. The van der Waals surface area contributed by atoms with E-state index in [9.17, 15) is 5.11 Å². The highest BCUT2D eigenvalue weighted by Crippen LogP contribution is 2.24. The van der Waals surface area contributed by atoms with Gasteiger partial charge in [-0.15, -0.1) is 0 Å². The van der Waals surface area contributed by atoms with E-state index < -0.39 is 6.10 Å². The quantitative estimate of drug-likeness (QED) is 0.764. The van der Waals surface area contributed by atoms with Crippen LogP contribution in [0.1, 0.15) is 25.0 Å². The largest absolute Gasteiger partial charge is 0.388 e. The first-order chi connectivity index (χ1) is 6.75. The summed E-state index contributed by atoms with van der Waals surface area (Å²) in [7, 11) is 0. The van der Waals surface area contributed by atoms with Crippen LogP contribution < -0.4 is 0 Å². The lowest BCUT2D eigenvalue weighted by atomic mass is 10.1. The molecule has 0 fully saturated rings. The molecule has 78 valence electrons.